The number of rotatable bonds is 7. The van der Waals surface area contributed by atoms with Gasteiger partial charge in [0.2, 0.25) is 0 Å². The van der Waals surface area contributed by atoms with Gasteiger partial charge < -0.3 is 15.0 Å². The highest BCUT2D eigenvalue weighted by molar-refractivity contribution is 6.30. The van der Waals surface area contributed by atoms with Crippen LogP contribution in [0.5, 0.6) is 5.75 Å². The highest BCUT2D eigenvalue weighted by Gasteiger charge is 2.26. The minimum atomic E-state index is -0.477. The molecule has 2 aromatic rings. The molecule has 7 nitrogen and oxygen atoms in total. The molecular weight excluding hydrogens is 370 g/mol. The van der Waals surface area contributed by atoms with Gasteiger partial charge in [0.1, 0.15) is 11.4 Å². The van der Waals surface area contributed by atoms with Gasteiger partial charge in [-0.1, -0.05) is 11.6 Å². The zero-order valence-electron chi connectivity index (χ0n) is 15.1. The van der Waals surface area contributed by atoms with Crippen LogP contribution in [0.1, 0.15) is 28.8 Å². The zero-order valence-corrected chi connectivity index (χ0v) is 15.8. The number of anilines is 1. The first-order valence-electron chi connectivity index (χ1n) is 8.52. The SMILES string of the molecule is COc1ccc(Cl)cc1CN(C)c1ccc(C(=O)NC2CC2)cc1[N+](=O)[O-]. The Balaban J connectivity index is 1.87. The van der Waals surface area contributed by atoms with E-state index in [2.05, 4.69) is 5.32 Å². The predicted octanol–water partition coefficient (Wildman–Crippen LogP) is 3.79. The van der Waals surface area contributed by atoms with Crippen molar-refractivity contribution in [3.05, 3.63) is 62.7 Å². The van der Waals surface area contributed by atoms with E-state index in [1.807, 2.05) is 0 Å². The molecule has 142 valence electrons. The minimum Gasteiger partial charge on any atom is -0.496 e. The number of halogens is 1. The molecule has 0 bridgehead atoms. The molecule has 0 atom stereocenters. The normalized spacial score (nSPS) is 13.1. The van der Waals surface area contributed by atoms with Crippen molar-refractivity contribution in [1.82, 2.24) is 5.32 Å². The fraction of sp³-hybridized carbons (Fsp3) is 0.316. The molecule has 1 saturated carbocycles. The number of hydrogen-bond donors (Lipinski definition) is 1. The van der Waals surface area contributed by atoms with Gasteiger partial charge in [-0.05, 0) is 43.2 Å². The quantitative estimate of drug-likeness (QED) is 0.575. The molecule has 0 heterocycles. The minimum absolute atomic E-state index is 0.123. The Kier molecular flexibility index (Phi) is 5.51. The lowest BCUT2D eigenvalue weighted by molar-refractivity contribution is -0.384. The van der Waals surface area contributed by atoms with E-state index in [0.717, 1.165) is 18.4 Å². The molecule has 0 saturated heterocycles. The Morgan fingerprint density at radius 1 is 1.33 bits per heavy atom. The van der Waals surface area contributed by atoms with Crippen LogP contribution < -0.4 is 15.0 Å². The summed E-state index contributed by atoms with van der Waals surface area (Å²) in [5, 5.41) is 15.0. The third-order valence-corrected chi connectivity index (χ3v) is 4.64. The number of carbonyl (C=O) groups excluding carboxylic acids is 1. The number of nitrogens with zero attached hydrogens (tertiary/aromatic N) is 2. The van der Waals surface area contributed by atoms with E-state index in [0.29, 0.717) is 23.0 Å². The molecule has 1 fully saturated rings. The molecule has 0 aromatic heterocycles. The van der Waals surface area contributed by atoms with Crippen molar-refractivity contribution in [1.29, 1.82) is 0 Å². The maximum Gasteiger partial charge on any atom is 0.293 e. The van der Waals surface area contributed by atoms with Gasteiger partial charge in [0, 0.05) is 41.9 Å². The highest BCUT2D eigenvalue weighted by Crippen LogP contribution is 2.32. The fourth-order valence-electron chi connectivity index (χ4n) is 2.84. The third-order valence-electron chi connectivity index (χ3n) is 4.41. The van der Waals surface area contributed by atoms with E-state index in [1.165, 1.54) is 6.07 Å². The summed E-state index contributed by atoms with van der Waals surface area (Å²) in [4.78, 5) is 25.0. The van der Waals surface area contributed by atoms with Crippen molar-refractivity contribution in [2.75, 3.05) is 19.1 Å². The first-order valence-corrected chi connectivity index (χ1v) is 8.89. The Labute approximate surface area is 162 Å². The van der Waals surface area contributed by atoms with E-state index in [-0.39, 0.29) is 23.2 Å². The number of carbonyl (C=O) groups is 1. The van der Waals surface area contributed by atoms with Crippen molar-refractivity contribution in [2.45, 2.75) is 25.4 Å². The lowest BCUT2D eigenvalue weighted by atomic mass is 10.1. The number of nitro benzene ring substituents is 1. The lowest BCUT2D eigenvalue weighted by Crippen LogP contribution is -2.25. The van der Waals surface area contributed by atoms with Crippen LogP contribution >= 0.6 is 11.6 Å². The number of benzene rings is 2. The number of nitro groups is 1. The summed E-state index contributed by atoms with van der Waals surface area (Å²) in [5.74, 6) is 0.362. The molecule has 0 aliphatic heterocycles. The van der Waals surface area contributed by atoms with Gasteiger partial charge in [-0.25, -0.2) is 0 Å². The Bertz CT molecular complexity index is 883. The van der Waals surface area contributed by atoms with Crippen molar-refractivity contribution >= 4 is 28.9 Å². The van der Waals surface area contributed by atoms with E-state index in [9.17, 15) is 14.9 Å². The molecule has 1 N–H and O–H groups in total. The van der Waals surface area contributed by atoms with E-state index in [4.69, 9.17) is 16.3 Å². The predicted molar refractivity (Wildman–Crippen MR) is 104 cm³/mol. The smallest absolute Gasteiger partial charge is 0.293 e. The number of methoxy groups -OCH3 is 1. The topological polar surface area (TPSA) is 84.7 Å². The summed E-state index contributed by atoms with van der Waals surface area (Å²) in [6.07, 6.45) is 1.91. The first-order chi connectivity index (χ1) is 12.9. The van der Waals surface area contributed by atoms with Gasteiger partial charge in [-0.2, -0.15) is 0 Å². The number of hydrogen-bond acceptors (Lipinski definition) is 5. The maximum absolute atomic E-state index is 12.2. The average molecular weight is 390 g/mol. The second-order valence-electron chi connectivity index (χ2n) is 6.52. The third kappa shape index (κ3) is 4.49. The summed E-state index contributed by atoms with van der Waals surface area (Å²) in [6.45, 7) is 0.359. The molecule has 1 aliphatic carbocycles. The Hall–Kier alpha value is -2.80. The van der Waals surface area contributed by atoms with Gasteiger partial charge in [0.25, 0.3) is 11.6 Å². The van der Waals surface area contributed by atoms with Crippen LogP contribution in [0.2, 0.25) is 5.02 Å². The molecule has 8 heteroatoms. The number of nitrogens with one attached hydrogen (secondary N) is 1. The summed E-state index contributed by atoms with van der Waals surface area (Å²) < 4.78 is 5.34. The van der Waals surface area contributed by atoms with E-state index < -0.39 is 4.92 Å². The molecule has 2 aromatic carbocycles. The van der Waals surface area contributed by atoms with Crippen molar-refractivity contribution < 1.29 is 14.5 Å². The van der Waals surface area contributed by atoms with E-state index >= 15 is 0 Å². The fourth-order valence-corrected chi connectivity index (χ4v) is 3.04. The van der Waals surface area contributed by atoms with Crippen LogP contribution in [0, 0.1) is 10.1 Å². The highest BCUT2D eigenvalue weighted by atomic mass is 35.5. The van der Waals surface area contributed by atoms with Crippen LogP contribution in [-0.4, -0.2) is 31.0 Å². The molecule has 0 spiro atoms. The van der Waals surface area contributed by atoms with Gasteiger partial charge in [0.05, 0.1) is 12.0 Å². The largest absolute Gasteiger partial charge is 0.496 e. The van der Waals surface area contributed by atoms with Crippen LogP contribution in [0.3, 0.4) is 0 Å². The van der Waals surface area contributed by atoms with Crippen molar-refractivity contribution in [3.63, 3.8) is 0 Å². The number of amides is 1. The molecule has 3 rings (SSSR count). The molecule has 0 radical (unpaired) electrons. The van der Waals surface area contributed by atoms with Crippen molar-refractivity contribution in [3.8, 4) is 5.75 Å². The molecule has 1 aliphatic rings. The summed E-state index contributed by atoms with van der Waals surface area (Å²) in [6, 6.07) is 9.95. The average Bonchev–Trinajstić information content (AvgIpc) is 3.45. The Morgan fingerprint density at radius 2 is 2.07 bits per heavy atom. The second-order valence-corrected chi connectivity index (χ2v) is 6.96. The van der Waals surface area contributed by atoms with Crippen LogP contribution in [-0.2, 0) is 6.54 Å². The van der Waals surface area contributed by atoms with E-state index in [1.54, 1.807) is 49.4 Å². The summed E-state index contributed by atoms with van der Waals surface area (Å²) in [7, 11) is 3.30. The molecule has 27 heavy (non-hydrogen) atoms. The van der Waals surface area contributed by atoms with Gasteiger partial charge in [-0.3, -0.25) is 14.9 Å². The first kappa shape index (κ1) is 19.0. The lowest BCUT2D eigenvalue weighted by Gasteiger charge is -2.21. The monoisotopic (exact) mass is 389 g/mol. The van der Waals surface area contributed by atoms with Crippen LogP contribution in [0.4, 0.5) is 11.4 Å². The van der Waals surface area contributed by atoms with Crippen molar-refractivity contribution in [2.24, 2.45) is 0 Å². The van der Waals surface area contributed by atoms with Crippen LogP contribution in [0.15, 0.2) is 36.4 Å². The van der Waals surface area contributed by atoms with Gasteiger partial charge >= 0.3 is 0 Å². The molecule has 0 unspecified atom stereocenters. The maximum atomic E-state index is 12.2. The second kappa shape index (κ2) is 7.84. The molecular formula is C19H20ClN3O4. The summed E-state index contributed by atoms with van der Waals surface area (Å²) in [5.41, 5.74) is 1.37. The number of ether oxygens (including phenoxy) is 1. The van der Waals surface area contributed by atoms with Crippen LogP contribution in [0.25, 0.3) is 0 Å². The Morgan fingerprint density at radius 3 is 2.70 bits per heavy atom. The van der Waals surface area contributed by atoms with Gasteiger partial charge in [0.15, 0.2) is 0 Å². The van der Waals surface area contributed by atoms with Gasteiger partial charge in [-0.15, -0.1) is 0 Å². The molecule has 1 amide bonds. The summed E-state index contributed by atoms with van der Waals surface area (Å²) >= 11 is 6.06. The zero-order chi connectivity index (χ0) is 19.6. The standard InChI is InChI=1S/C19H20ClN3O4/c1-22(11-13-9-14(20)4-8-18(13)27-2)16-7-3-12(10-17(16)23(25)26)19(24)21-15-5-6-15/h3-4,7-10,15H,5-6,11H2,1-2H3,(H,21,24).